The van der Waals surface area contributed by atoms with E-state index in [9.17, 15) is 13.2 Å². The van der Waals surface area contributed by atoms with Crippen molar-refractivity contribution < 1.29 is 17.6 Å². The van der Waals surface area contributed by atoms with Gasteiger partial charge in [-0.1, -0.05) is 12.8 Å². The van der Waals surface area contributed by atoms with Gasteiger partial charge in [0.1, 0.15) is 5.76 Å². The lowest BCUT2D eigenvalue weighted by Gasteiger charge is -2.20. The highest BCUT2D eigenvalue weighted by atomic mass is 32.2. The lowest BCUT2D eigenvalue weighted by atomic mass is 10.2. The number of nitrogens with zero attached hydrogens (tertiary/aromatic N) is 1. The molecule has 0 bridgehead atoms. The van der Waals surface area contributed by atoms with Gasteiger partial charge in [0, 0.05) is 31.0 Å². The van der Waals surface area contributed by atoms with E-state index in [1.165, 1.54) is 12.1 Å². The maximum atomic E-state index is 12.8. The molecule has 0 aliphatic carbocycles. The molecule has 1 fully saturated rings. The fourth-order valence-electron chi connectivity index (χ4n) is 3.12. The van der Waals surface area contributed by atoms with Crippen LogP contribution in [0.4, 0.5) is 0 Å². The van der Waals surface area contributed by atoms with Crippen LogP contribution < -0.4 is 5.32 Å². The van der Waals surface area contributed by atoms with Crippen molar-refractivity contribution in [2.24, 2.45) is 0 Å². The number of hydrogen-bond acceptors (Lipinski definition) is 5. The Labute approximate surface area is 170 Å². The van der Waals surface area contributed by atoms with Gasteiger partial charge in [0.25, 0.3) is 5.91 Å². The number of rotatable bonds is 8. The van der Waals surface area contributed by atoms with Gasteiger partial charge in [-0.05, 0) is 49.2 Å². The first-order chi connectivity index (χ1) is 13.6. The molecule has 6 nitrogen and oxygen atoms in total. The Bertz CT molecular complexity index is 841. The molecule has 0 unspecified atom stereocenters. The van der Waals surface area contributed by atoms with Crippen LogP contribution in [0.25, 0.3) is 0 Å². The second kappa shape index (κ2) is 10.1. The van der Waals surface area contributed by atoms with Gasteiger partial charge in [0.05, 0.1) is 16.9 Å². The van der Waals surface area contributed by atoms with E-state index in [-0.39, 0.29) is 10.8 Å². The smallest absolute Gasteiger partial charge is 0.251 e. The summed E-state index contributed by atoms with van der Waals surface area (Å²) in [7, 11) is -3.48. The fourth-order valence-corrected chi connectivity index (χ4v) is 5.39. The minimum atomic E-state index is -3.48. The average Bonchev–Trinajstić information content (AvgIpc) is 3.06. The summed E-state index contributed by atoms with van der Waals surface area (Å²) in [6.07, 6.45) is 5.60. The minimum absolute atomic E-state index is 0.197. The van der Waals surface area contributed by atoms with Gasteiger partial charge in [-0.2, -0.15) is 16.1 Å². The molecule has 0 saturated carbocycles. The van der Waals surface area contributed by atoms with Crippen LogP contribution in [0.3, 0.4) is 0 Å². The summed E-state index contributed by atoms with van der Waals surface area (Å²) in [4.78, 5) is 12.5. The molecule has 1 aromatic carbocycles. The first-order valence-corrected chi connectivity index (χ1v) is 12.2. The van der Waals surface area contributed by atoms with Gasteiger partial charge < -0.3 is 9.73 Å². The molecule has 2 aromatic rings. The zero-order chi connectivity index (χ0) is 19.8. The van der Waals surface area contributed by atoms with Gasteiger partial charge >= 0.3 is 0 Å². The van der Waals surface area contributed by atoms with Crippen molar-refractivity contribution in [1.29, 1.82) is 0 Å². The summed E-state index contributed by atoms with van der Waals surface area (Å²) in [5, 5.41) is 2.86. The molecule has 152 valence electrons. The zero-order valence-electron chi connectivity index (χ0n) is 15.8. The predicted molar refractivity (Wildman–Crippen MR) is 111 cm³/mol. The molecule has 2 heterocycles. The summed E-state index contributed by atoms with van der Waals surface area (Å²) in [6, 6.07) is 9.99. The number of nitrogens with one attached hydrogen (secondary N) is 1. The average molecular weight is 423 g/mol. The molecule has 1 amide bonds. The largest absolute Gasteiger partial charge is 0.468 e. The number of furan rings is 1. The molecule has 1 N–H and O–H groups in total. The summed E-state index contributed by atoms with van der Waals surface area (Å²) in [5.41, 5.74) is 0.464. The quantitative estimate of drug-likeness (QED) is 0.659. The van der Waals surface area contributed by atoms with Crippen molar-refractivity contribution in [1.82, 2.24) is 9.62 Å². The van der Waals surface area contributed by atoms with Crippen molar-refractivity contribution in [3.63, 3.8) is 0 Å². The highest BCUT2D eigenvalue weighted by Crippen LogP contribution is 2.20. The summed E-state index contributed by atoms with van der Waals surface area (Å²) in [6.45, 7) is 1.68. The molecule has 28 heavy (non-hydrogen) atoms. The maximum absolute atomic E-state index is 12.8. The molecule has 1 aliphatic heterocycles. The third kappa shape index (κ3) is 5.62. The number of carbonyl (C=O) groups is 1. The monoisotopic (exact) mass is 422 g/mol. The van der Waals surface area contributed by atoms with E-state index in [1.807, 2.05) is 12.1 Å². The van der Waals surface area contributed by atoms with Crippen LogP contribution in [0.5, 0.6) is 0 Å². The molecule has 8 heteroatoms. The number of thioether (sulfide) groups is 1. The highest BCUT2D eigenvalue weighted by Gasteiger charge is 2.25. The Morgan fingerprint density at radius 3 is 2.43 bits per heavy atom. The van der Waals surface area contributed by atoms with Gasteiger partial charge in [0.2, 0.25) is 10.0 Å². The zero-order valence-corrected chi connectivity index (χ0v) is 17.4. The third-order valence-electron chi connectivity index (χ3n) is 4.68. The van der Waals surface area contributed by atoms with E-state index >= 15 is 0 Å². The fraction of sp³-hybridized carbons (Fsp3) is 0.450. The number of amides is 1. The molecule has 1 aromatic heterocycles. The number of benzene rings is 1. The van der Waals surface area contributed by atoms with Crippen LogP contribution in [0.1, 0.15) is 41.8 Å². The topological polar surface area (TPSA) is 79.6 Å². The van der Waals surface area contributed by atoms with Crippen molar-refractivity contribution in [3.05, 3.63) is 54.0 Å². The van der Waals surface area contributed by atoms with E-state index in [0.717, 1.165) is 42.9 Å². The standard InChI is InChI=1S/C20H26N2O4S2/c23-20(21-11-15-27-16-18-6-5-14-26-18)17-7-9-19(10-8-17)28(24,25)22-12-3-1-2-4-13-22/h5-10,14H,1-4,11-13,15-16H2,(H,21,23). The Kier molecular flexibility index (Phi) is 7.58. The van der Waals surface area contributed by atoms with E-state index in [4.69, 9.17) is 4.42 Å². The van der Waals surface area contributed by atoms with E-state index in [0.29, 0.717) is 25.2 Å². The summed E-state index contributed by atoms with van der Waals surface area (Å²) < 4.78 is 32.4. The summed E-state index contributed by atoms with van der Waals surface area (Å²) in [5.74, 6) is 2.26. The molecule has 0 radical (unpaired) electrons. The van der Waals surface area contributed by atoms with Gasteiger partial charge in [-0.3, -0.25) is 4.79 Å². The lowest BCUT2D eigenvalue weighted by molar-refractivity contribution is 0.0956. The molecule has 1 aliphatic rings. The number of carbonyl (C=O) groups excluding carboxylic acids is 1. The van der Waals surface area contributed by atoms with Gasteiger partial charge in [0.15, 0.2) is 0 Å². The SMILES string of the molecule is O=C(NCCSCc1ccco1)c1ccc(S(=O)(=O)N2CCCCCC2)cc1. The van der Waals surface area contributed by atoms with Crippen LogP contribution >= 0.6 is 11.8 Å². The van der Waals surface area contributed by atoms with Crippen LogP contribution in [-0.2, 0) is 15.8 Å². The second-order valence-corrected chi connectivity index (χ2v) is 9.77. The van der Waals surface area contributed by atoms with Gasteiger partial charge in [-0.15, -0.1) is 0 Å². The van der Waals surface area contributed by atoms with Crippen LogP contribution in [0.2, 0.25) is 0 Å². The van der Waals surface area contributed by atoms with Gasteiger partial charge in [-0.25, -0.2) is 8.42 Å². The normalized spacial score (nSPS) is 15.9. The first-order valence-electron chi connectivity index (χ1n) is 9.56. The predicted octanol–water partition coefficient (Wildman–Crippen LogP) is 3.51. The van der Waals surface area contributed by atoms with Crippen LogP contribution in [0.15, 0.2) is 52.0 Å². The second-order valence-electron chi connectivity index (χ2n) is 6.73. The maximum Gasteiger partial charge on any atom is 0.251 e. The summed E-state index contributed by atoms with van der Waals surface area (Å²) >= 11 is 1.68. The van der Waals surface area contributed by atoms with Crippen molar-refractivity contribution >= 4 is 27.7 Å². The van der Waals surface area contributed by atoms with E-state index in [1.54, 1.807) is 34.5 Å². The van der Waals surface area contributed by atoms with Crippen LogP contribution in [-0.4, -0.2) is 44.0 Å². The third-order valence-corrected chi connectivity index (χ3v) is 7.57. The lowest BCUT2D eigenvalue weighted by Crippen LogP contribution is -2.32. The first kappa shape index (κ1) is 21.0. The van der Waals surface area contributed by atoms with Crippen molar-refractivity contribution in [2.45, 2.75) is 36.3 Å². The Balaban J connectivity index is 1.49. The Hall–Kier alpha value is -1.77. The van der Waals surface area contributed by atoms with Crippen molar-refractivity contribution in [3.8, 4) is 0 Å². The van der Waals surface area contributed by atoms with Crippen molar-refractivity contribution in [2.75, 3.05) is 25.4 Å². The molecular weight excluding hydrogens is 396 g/mol. The minimum Gasteiger partial charge on any atom is -0.468 e. The number of sulfonamides is 1. The number of hydrogen-bond donors (Lipinski definition) is 1. The molecule has 3 rings (SSSR count). The van der Waals surface area contributed by atoms with E-state index < -0.39 is 10.0 Å². The molecular formula is C20H26N2O4S2. The van der Waals surface area contributed by atoms with Crippen LogP contribution in [0, 0.1) is 0 Å². The molecule has 1 saturated heterocycles. The molecule has 0 atom stereocenters. The highest BCUT2D eigenvalue weighted by molar-refractivity contribution is 7.98. The van der Waals surface area contributed by atoms with E-state index in [2.05, 4.69) is 5.32 Å². The Morgan fingerprint density at radius 1 is 1.07 bits per heavy atom. The molecule has 0 spiro atoms. The Morgan fingerprint density at radius 2 is 1.79 bits per heavy atom.